The first-order valence-corrected chi connectivity index (χ1v) is 8.36. The summed E-state index contributed by atoms with van der Waals surface area (Å²) in [6.07, 6.45) is -0.388. The minimum atomic E-state index is -0.794. The van der Waals surface area contributed by atoms with Crippen LogP contribution >= 0.6 is 0 Å². The summed E-state index contributed by atoms with van der Waals surface area (Å²) in [6, 6.07) is 13.7. The molecule has 0 spiro atoms. The van der Waals surface area contributed by atoms with Gasteiger partial charge in [0, 0.05) is 24.2 Å². The summed E-state index contributed by atoms with van der Waals surface area (Å²) < 4.78 is 11.3. The molecule has 1 unspecified atom stereocenters. The fourth-order valence-electron chi connectivity index (χ4n) is 3.21. The van der Waals surface area contributed by atoms with E-state index < -0.39 is 10.5 Å². The molecule has 7 heteroatoms. The van der Waals surface area contributed by atoms with Crippen LogP contribution in [0, 0.1) is 10.1 Å². The Morgan fingerprint density at radius 3 is 2.58 bits per heavy atom. The molecular formula is C19H20N2O5. The number of benzene rings is 2. The monoisotopic (exact) mass is 356 g/mol. The maximum Gasteiger partial charge on any atom is 0.410 e. The van der Waals surface area contributed by atoms with Crippen molar-refractivity contribution in [1.29, 1.82) is 0 Å². The predicted molar refractivity (Wildman–Crippen MR) is 95.0 cm³/mol. The van der Waals surface area contributed by atoms with Gasteiger partial charge in [0.25, 0.3) is 5.69 Å². The van der Waals surface area contributed by atoms with E-state index in [0.29, 0.717) is 25.4 Å². The van der Waals surface area contributed by atoms with Crippen LogP contribution in [-0.4, -0.2) is 29.1 Å². The summed E-state index contributed by atoms with van der Waals surface area (Å²) >= 11 is 0. The molecule has 1 aliphatic heterocycles. The van der Waals surface area contributed by atoms with Gasteiger partial charge in [-0.3, -0.25) is 15.0 Å². The molecule has 7 nitrogen and oxygen atoms in total. The van der Waals surface area contributed by atoms with Crippen molar-refractivity contribution < 1.29 is 19.2 Å². The first-order chi connectivity index (χ1) is 12.4. The molecule has 1 atom stereocenters. The molecule has 0 N–H and O–H groups in total. The molecule has 1 amide bonds. The van der Waals surface area contributed by atoms with Crippen LogP contribution in [0.1, 0.15) is 25.0 Å². The van der Waals surface area contributed by atoms with Gasteiger partial charge in [0.15, 0.2) is 0 Å². The van der Waals surface area contributed by atoms with E-state index in [4.69, 9.17) is 9.47 Å². The highest BCUT2D eigenvalue weighted by Gasteiger charge is 2.39. The number of ether oxygens (including phenoxy) is 2. The molecule has 26 heavy (non-hydrogen) atoms. The van der Waals surface area contributed by atoms with Gasteiger partial charge in [-0.1, -0.05) is 24.3 Å². The van der Waals surface area contributed by atoms with Crippen LogP contribution in [-0.2, 0) is 16.9 Å². The van der Waals surface area contributed by atoms with Crippen LogP contribution in [0.3, 0.4) is 0 Å². The number of nitro benzene ring substituents is 1. The number of nitro groups is 1. The van der Waals surface area contributed by atoms with E-state index in [1.165, 1.54) is 12.1 Å². The molecule has 0 bridgehead atoms. The molecule has 0 fully saturated rings. The van der Waals surface area contributed by atoms with Crippen LogP contribution in [0.4, 0.5) is 10.5 Å². The smallest absolute Gasteiger partial charge is 0.410 e. The van der Waals surface area contributed by atoms with E-state index >= 15 is 0 Å². The van der Waals surface area contributed by atoms with Crippen molar-refractivity contribution >= 4 is 11.8 Å². The first-order valence-electron chi connectivity index (χ1n) is 8.36. The molecule has 1 heterocycles. The number of hydrogen-bond acceptors (Lipinski definition) is 5. The van der Waals surface area contributed by atoms with E-state index in [0.717, 1.165) is 11.1 Å². The van der Waals surface area contributed by atoms with Crippen molar-refractivity contribution in [2.24, 2.45) is 0 Å². The molecule has 0 radical (unpaired) electrons. The molecule has 0 saturated heterocycles. The van der Waals surface area contributed by atoms with E-state index in [9.17, 15) is 14.9 Å². The highest BCUT2D eigenvalue weighted by molar-refractivity contribution is 5.68. The van der Waals surface area contributed by atoms with Gasteiger partial charge < -0.3 is 9.47 Å². The largest absolute Gasteiger partial charge is 0.481 e. The maximum absolute atomic E-state index is 12.2. The van der Waals surface area contributed by atoms with E-state index in [1.807, 2.05) is 31.2 Å². The summed E-state index contributed by atoms with van der Waals surface area (Å²) in [5.41, 5.74) is 1.17. The summed E-state index contributed by atoms with van der Waals surface area (Å²) in [5, 5.41) is 10.8. The molecular weight excluding hydrogens is 336 g/mol. The Balaban J connectivity index is 1.91. The lowest BCUT2D eigenvalue weighted by molar-refractivity contribution is -0.384. The fourth-order valence-corrected chi connectivity index (χ4v) is 3.21. The third-order valence-electron chi connectivity index (χ3n) is 4.36. The normalized spacial score (nSPS) is 18.8. The lowest BCUT2D eigenvalue weighted by Gasteiger charge is -2.41. The summed E-state index contributed by atoms with van der Waals surface area (Å²) in [6.45, 7) is 4.74. The highest BCUT2D eigenvalue weighted by atomic mass is 16.6. The van der Waals surface area contributed by atoms with E-state index in [-0.39, 0.29) is 11.8 Å². The van der Waals surface area contributed by atoms with Gasteiger partial charge in [-0.2, -0.15) is 0 Å². The Labute approximate surface area is 151 Å². The van der Waals surface area contributed by atoms with Crippen LogP contribution in [0.15, 0.2) is 48.5 Å². The zero-order chi connectivity index (χ0) is 18.7. The van der Waals surface area contributed by atoms with Crippen LogP contribution in [0.25, 0.3) is 0 Å². The second-order valence-electron chi connectivity index (χ2n) is 6.30. The topological polar surface area (TPSA) is 81.9 Å². The van der Waals surface area contributed by atoms with Crippen molar-refractivity contribution in [3.05, 3.63) is 69.8 Å². The van der Waals surface area contributed by atoms with Gasteiger partial charge >= 0.3 is 6.09 Å². The van der Waals surface area contributed by atoms with Crippen molar-refractivity contribution in [1.82, 2.24) is 4.90 Å². The van der Waals surface area contributed by atoms with Crippen molar-refractivity contribution in [2.75, 3.05) is 13.2 Å². The van der Waals surface area contributed by atoms with Crippen LogP contribution in [0.5, 0.6) is 5.75 Å². The third-order valence-corrected chi connectivity index (χ3v) is 4.36. The van der Waals surface area contributed by atoms with E-state index in [2.05, 4.69) is 0 Å². The lowest BCUT2D eigenvalue weighted by Crippen LogP contribution is -2.49. The minimum absolute atomic E-state index is 0.000280. The molecule has 0 aromatic heterocycles. The number of non-ortho nitro benzene ring substituents is 1. The predicted octanol–water partition coefficient (Wildman–Crippen LogP) is 3.86. The Morgan fingerprint density at radius 1 is 1.23 bits per heavy atom. The average Bonchev–Trinajstić information content (AvgIpc) is 2.62. The highest BCUT2D eigenvalue weighted by Crippen LogP contribution is 2.36. The maximum atomic E-state index is 12.2. The summed E-state index contributed by atoms with van der Waals surface area (Å²) in [4.78, 5) is 24.2. The molecule has 2 aromatic carbocycles. The van der Waals surface area contributed by atoms with Gasteiger partial charge in [0.2, 0.25) is 0 Å². The molecule has 3 rings (SSSR count). The quantitative estimate of drug-likeness (QED) is 0.614. The SMILES string of the molecule is CCOC(=O)N1Cc2ccccc2C(C)(Oc2ccc([N+](=O)[O-])cc2)C1. The second kappa shape index (κ2) is 7.03. The number of carbonyl (C=O) groups excluding carboxylic acids is 1. The number of hydrogen-bond donors (Lipinski definition) is 0. The number of carbonyl (C=O) groups is 1. The summed E-state index contributed by atoms with van der Waals surface area (Å²) in [5.74, 6) is 0.499. The van der Waals surface area contributed by atoms with Crippen molar-refractivity contribution in [3.63, 3.8) is 0 Å². The molecule has 136 valence electrons. The van der Waals surface area contributed by atoms with Crippen molar-refractivity contribution in [2.45, 2.75) is 26.0 Å². The Kier molecular flexibility index (Phi) is 4.79. The number of rotatable bonds is 4. The molecule has 2 aromatic rings. The standard InChI is InChI=1S/C19H20N2O5/c1-3-25-18(22)20-12-14-6-4-5-7-17(14)19(2,13-20)26-16-10-8-15(9-11-16)21(23)24/h4-11H,3,12-13H2,1-2H3. The van der Waals surface area contributed by atoms with Gasteiger partial charge in [-0.25, -0.2) is 4.79 Å². The Bertz CT molecular complexity index is 821. The number of nitrogens with zero attached hydrogens (tertiary/aromatic N) is 2. The van der Waals surface area contributed by atoms with E-state index in [1.54, 1.807) is 24.0 Å². The molecule has 0 saturated carbocycles. The lowest BCUT2D eigenvalue weighted by atomic mass is 9.87. The zero-order valence-corrected chi connectivity index (χ0v) is 14.7. The van der Waals surface area contributed by atoms with Gasteiger partial charge in [0.05, 0.1) is 18.1 Å². The number of amides is 1. The molecule has 1 aliphatic rings. The van der Waals surface area contributed by atoms with Gasteiger partial charge in [-0.15, -0.1) is 0 Å². The van der Waals surface area contributed by atoms with Crippen LogP contribution in [0.2, 0.25) is 0 Å². The zero-order valence-electron chi connectivity index (χ0n) is 14.7. The van der Waals surface area contributed by atoms with Crippen molar-refractivity contribution in [3.8, 4) is 5.75 Å². The fraction of sp³-hybridized carbons (Fsp3) is 0.316. The van der Waals surface area contributed by atoms with Crippen LogP contribution < -0.4 is 4.74 Å². The number of fused-ring (bicyclic) bond motifs is 1. The average molecular weight is 356 g/mol. The minimum Gasteiger partial charge on any atom is -0.481 e. The Hall–Kier alpha value is -3.09. The second-order valence-corrected chi connectivity index (χ2v) is 6.30. The molecule has 0 aliphatic carbocycles. The first kappa shape index (κ1) is 17.7. The van der Waals surface area contributed by atoms with Gasteiger partial charge in [0.1, 0.15) is 11.4 Å². The summed E-state index contributed by atoms with van der Waals surface area (Å²) in [7, 11) is 0. The third kappa shape index (κ3) is 3.46. The Morgan fingerprint density at radius 2 is 1.92 bits per heavy atom. The van der Waals surface area contributed by atoms with Gasteiger partial charge in [-0.05, 0) is 31.5 Å².